The Kier molecular flexibility index (Phi) is 10.5. The van der Waals surface area contributed by atoms with E-state index in [1.165, 1.54) is 27.8 Å². The quantitative estimate of drug-likeness (QED) is 0.570. The van der Waals surface area contributed by atoms with Crippen LogP contribution in [0.1, 0.15) is 64.7 Å². The number of rotatable bonds is 4. The third-order valence-corrected chi connectivity index (χ3v) is 4.08. The van der Waals surface area contributed by atoms with Gasteiger partial charge < -0.3 is 6.15 Å². The minimum absolute atomic E-state index is 0. The monoisotopic (exact) mass is 317 g/mol. The second kappa shape index (κ2) is 10.2. The summed E-state index contributed by atoms with van der Waals surface area (Å²) < 4.78 is 0. The maximum Gasteiger partial charge on any atom is 0 e. The van der Waals surface area contributed by atoms with Crippen LogP contribution in [0.3, 0.4) is 0 Å². The molecule has 0 heterocycles. The highest BCUT2D eigenvalue weighted by molar-refractivity contribution is 5.65. The van der Waals surface area contributed by atoms with Crippen LogP contribution in [-0.4, -0.2) is 0 Å². The van der Waals surface area contributed by atoms with Gasteiger partial charge in [0.2, 0.25) is 0 Å². The standard InChI is InChI=1S/C12H16.C10H18.H3N.H2/c1-8(2)12-7-10(4)9(3)6-11(12)5;1-6-9(3)8-10(4,5)7-2;;/h6-7H,1H2,2-5H3;6-7H,2,8H2,1,3-5H3;1H3;1H/b;9-6-;;. The summed E-state index contributed by atoms with van der Waals surface area (Å²) in [6, 6.07) is 4.44. The lowest BCUT2D eigenvalue weighted by Crippen LogP contribution is -2.06. The summed E-state index contributed by atoms with van der Waals surface area (Å²) in [4.78, 5) is 0. The number of hydrogen-bond acceptors (Lipinski definition) is 1. The van der Waals surface area contributed by atoms with Crippen molar-refractivity contribution in [1.82, 2.24) is 6.15 Å². The summed E-state index contributed by atoms with van der Waals surface area (Å²) in [5, 5.41) is 0. The van der Waals surface area contributed by atoms with E-state index < -0.39 is 0 Å². The number of benzene rings is 1. The van der Waals surface area contributed by atoms with Gasteiger partial charge in [0.25, 0.3) is 0 Å². The van der Waals surface area contributed by atoms with Gasteiger partial charge >= 0.3 is 0 Å². The molecule has 0 aliphatic carbocycles. The molecule has 0 fully saturated rings. The third-order valence-electron chi connectivity index (χ3n) is 4.08. The van der Waals surface area contributed by atoms with E-state index in [0.717, 1.165) is 12.0 Å². The van der Waals surface area contributed by atoms with Crippen LogP contribution in [0.5, 0.6) is 0 Å². The SMILES string of the molecule is C=C(C)c1cc(C)c(C)cc1C.C=CC(C)(C)C/C(C)=C\C.N.[HH]. The van der Waals surface area contributed by atoms with Crippen LogP contribution >= 0.6 is 0 Å². The van der Waals surface area contributed by atoms with Crippen LogP contribution in [0.15, 0.2) is 43.0 Å². The zero-order valence-corrected chi connectivity index (χ0v) is 16.6. The Morgan fingerprint density at radius 1 is 1.09 bits per heavy atom. The topological polar surface area (TPSA) is 35.0 Å². The Morgan fingerprint density at radius 2 is 1.57 bits per heavy atom. The maximum absolute atomic E-state index is 3.96. The molecule has 0 spiro atoms. The lowest BCUT2D eigenvalue weighted by molar-refractivity contribution is 0.476. The first kappa shape index (κ1) is 23.7. The molecule has 1 nitrogen and oxygen atoms in total. The van der Waals surface area contributed by atoms with Crippen LogP contribution < -0.4 is 6.15 Å². The Labute approximate surface area is 146 Å². The van der Waals surface area contributed by atoms with E-state index in [4.69, 9.17) is 0 Å². The Balaban J connectivity index is -0.000000345. The number of hydrogen-bond donors (Lipinski definition) is 1. The van der Waals surface area contributed by atoms with Crippen LogP contribution in [0.25, 0.3) is 5.57 Å². The first-order valence-corrected chi connectivity index (χ1v) is 8.03. The van der Waals surface area contributed by atoms with Crippen molar-refractivity contribution in [3.63, 3.8) is 0 Å². The van der Waals surface area contributed by atoms with Crippen LogP contribution in [0.4, 0.5) is 0 Å². The fourth-order valence-corrected chi connectivity index (χ4v) is 2.31. The summed E-state index contributed by atoms with van der Waals surface area (Å²) in [5.41, 5.74) is 8.16. The molecule has 0 aliphatic rings. The molecule has 1 rings (SSSR count). The van der Waals surface area contributed by atoms with Crippen molar-refractivity contribution in [3.8, 4) is 0 Å². The molecule has 0 saturated heterocycles. The number of allylic oxidation sites excluding steroid dienone is 4. The van der Waals surface area contributed by atoms with Crippen molar-refractivity contribution in [3.05, 3.63) is 65.3 Å². The maximum atomic E-state index is 3.96. The lowest BCUT2D eigenvalue weighted by atomic mass is 9.86. The zero-order valence-electron chi connectivity index (χ0n) is 16.6. The van der Waals surface area contributed by atoms with Gasteiger partial charge in [-0.25, -0.2) is 0 Å². The van der Waals surface area contributed by atoms with Crippen molar-refractivity contribution in [1.29, 1.82) is 0 Å². The first-order valence-electron chi connectivity index (χ1n) is 8.03. The molecular weight excluding hydrogens is 278 g/mol. The molecule has 3 N–H and O–H groups in total. The van der Waals surface area contributed by atoms with E-state index in [2.05, 4.69) is 86.8 Å². The van der Waals surface area contributed by atoms with E-state index in [9.17, 15) is 0 Å². The van der Waals surface area contributed by atoms with Crippen molar-refractivity contribution < 1.29 is 1.43 Å². The molecule has 0 saturated carbocycles. The van der Waals surface area contributed by atoms with Gasteiger partial charge in [-0.15, -0.1) is 6.58 Å². The molecule has 1 aromatic carbocycles. The average molecular weight is 318 g/mol. The summed E-state index contributed by atoms with van der Waals surface area (Å²) >= 11 is 0. The molecule has 0 unspecified atom stereocenters. The molecule has 0 aromatic heterocycles. The summed E-state index contributed by atoms with van der Waals surface area (Å²) in [6.07, 6.45) is 5.29. The molecule has 0 bridgehead atoms. The first-order chi connectivity index (χ1) is 10.0. The predicted octanol–water partition coefficient (Wildman–Crippen LogP) is 7.61. The van der Waals surface area contributed by atoms with Crippen molar-refractivity contribution >= 4 is 5.57 Å². The molecule has 132 valence electrons. The van der Waals surface area contributed by atoms with Crippen LogP contribution in [-0.2, 0) is 0 Å². The van der Waals surface area contributed by atoms with Crippen molar-refractivity contribution in [2.75, 3.05) is 0 Å². The van der Waals surface area contributed by atoms with Gasteiger partial charge in [0.1, 0.15) is 0 Å². The minimum Gasteiger partial charge on any atom is -0.344 e. The molecule has 0 atom stereocenters. The largest absolute Gasteiger partial charge is 0.344 e. The van der Waals surface area contributed by atoms with Crippen molar-refractivity contribution in [2.45, 2.75) is 61.8 Å². The van der Waals surface area contributed by atoms with E-state index in [1.54, 1.807) is 0 Å². The number of aryl methyl sites for hydroxylation is 3. The average Bonchev–Trinajstić information content (AvgIpc) is 2.42. The fraction of sp³-hybridized carbons (Fsp3) is 0.455. The lowest BCUT2D eigenvalue weighted by Gasteiger charge is -2.19. The van der Waals surface area contributed by atoms with Gasteiger partial charge in [0.15, 0.2) is 0 Å². The molecule has 0 amide bonds. The van der Waals surface area contributed by atoms with Crippen LogP contribution in [0, 0.1) is 26.2 Å². The highest BCUT2D eigenvalue weighted by atomic mass is 14.2. The van der Waals surface area contributed by atoms with Gasteiger partial charge in [0, 0.05) is 1.43 Å². The van der Waals surface area contributed by atoms with E-state index in [-0.39, 0.29) is 13.0 Å². The predicted molar refractivity (Wildman–Crippen MR) is 111 cm³/mol. The second-order valence-electron chi connectivity index (χ2n) is 7.04. The van der Waals surface area contributed by atoms with E-state index in [1.807, 2.05) is 6.08 Å². The zero-order chi connectivity index (χ0) is 17.5. The molecule has 0 aliphatic heterocycles. The Bertz CT molecular complexity index is 566. The molecule has 0 radical (unpaired) electrons. The smallest absolute Gasteiger partial charge is 0 e. The van der Waals surface area contributed by atoms with Crippen LogP contribution in [0.2, 0.25) is 0 Å². The minimum atomic E-state index is 0. The Morgan fingerprint density at radius 3 is 1.96 bits per heavy atom. The highest BCUT2D eigenvalue weighted by Gasteiger charge is 2.12. The van der Waals surface area contributed by atoms with Gasteiger partial charge in [-0.2, -0.15) is 0 Å². The molecule has 1 aromatic rings. The van der Waals surface area contributed by atoms with E-state index in [0.29, 0.717) is 0 Å². The second-order valence-corrected chi connectivity index (χ2v) is 7.04. The summed E-state index contributed by atoms with van der Waals surface area (Å²) in [6.45, 7) is 24.9. The fourth-order valence-electron chi connectivity index (χ4n) is 2.31. The van der Waals surface area contributed by atoms with Gasteiger partial charge in [-0.1, -0.05) is 55.9 Å². The van der Waals surface area contributed by atoms with Crippen molar-refractivity contribution in [2.24, 2.45) is 5.41 Å². The molecular formula is C22H39N. The molecule has 23 heavy (non-hydrogen) atoms. The van der Waals surface area contributed by atoms with Gasteiger partial charge in [0.05, 0.1) is 0 Å². The van der Waals surface area contributed by atoms with E-state index >= 15 is 0 Å². The van der Waals surface area contributed by atoms with Gasteiger partial charge in [-0.05, 0) is 75.6 Å². The third kappa shape index (κ3) is 8.56. The Hall–Kier alpha value is -1.60. The summed E-state index contributed by atoms with van der Waals surface area (Å²) in [7, 11) is 0. The summed E-state index contributed by atoms with van der Waals surface area (Å²) in [5.74, 6) is 0. The molecule has 1 heteroatoms. The normalized spacial score (nSPS) is 11.0. The highest BCUT2D eigenvalue weighted by Crippen LogP contribution is 2.25. The van der Waals surface area contributed by atoms with Gasteiger partial charge in [-0.3, -0.25) is 0 Å².